The Bertz CT molecular complexity index is 139. The van der Waals surface area contributed by atoms with Crippen molar-refractivity contribution < 1.29 is 20.1 Å². The van der Waals surface area contributed by atoms with Crippen LogP contribution in [0.15, 0.2) is 12.2 Å². The Morgan fingerprint density at radius 3 is 2.30 bits per heavy atom. The molecule has 58 valence electrons. The van der Waals surface area contributed by atoms with Crippen LogP contribution in [0.25, 0.3) is 0 Å². The molecule has 0 aliphatic carbocycles. The van der Waals surface area contributed by atoms with Crippen molar-refractivity contribution >= 4 is 5.97 Å². The van der Waals surface area contributed by atoms with E-state index in [2.05, 4.69) is 0 Å². The van der Waals surface area contributed by atoms with Crippen molar-refractivity contribution in [3.8, 4) is 0 Å². The quantitative estimate of drug-likeness (QED) is 0.463. The molecule has 2 unspecified atom stereocenters. The molecule has 0 rings (SSSR count). The second kappa shape index (κ2) is 4.03. The third kappa shape index (κ3) is 4.05. The van der Waals surface area contributed by atoms with Crippen LogP contribution < -0.4 is 0 Å². The summed E-state index contributed by atoms with van der Waals surface area (Å²) in [5, 5.41) is 25.5. The second-order valence-electron chi connectivity index (χ2n) is 1.93. The van der Waals surface area contributed by atoms with Crippen LogP contribution in [0.5, 0.6) is 0 Å². The number of aliphatic hydroxyl groups excluding tert-OH is 2. The van der Waals surface area contributed by atoms with E-state index in [0.717, 1.165) is 12.2 Å². The van der Waals surface area contributed by atoms with Crippen LogP contribution in [0.4, 0.5) is 0 Å². The van der Waals surface area contributed by atoms with E-state index in [1.54, 1.807) is 0 Å². The Labute approximate surface area is 58.4 Å². The Morgan fingerprint density at radius 1 is 1.50 bits per heavy atom. The zero-order chi connectivity index (χ0) is 8.15. The van der Waals surface area contributed by atoms with E-state index >= 15 is 0 Å². The number of aliphatic hydroxyl groups is 2. The lowest BCUT2D eigenvalue weighted by molar-refractivity contribution is -0.131. The van der Waals surface area contributed by atoms with Gasteiger partial charge >= 0.3 is 5.97 Å². The van der Waals surface area contributed by atoms with Crippen molar-refractivity contribution in [3.63, 3.8) is 0 Å². The highest BCUT2D eigenvalue weighted by Crippen LogP contribution is 1.92. The van der Waals surface area contributed by atoms with E-state index in [9.17, 15) is 4.79 Å². The Hall–Kier alpha value is -0.870. The van der Waals surface area contributed by atoms with Gasteiger partial charge in [-0.3, -0.25) is 0 Å². The molecule has 3 N–H and O–H groups in total. The van der Waals surface area contributed by atoms with Gasteiger partial charge in [-0.05, 0) is 13.0 Å². The predicted molar refractivity (Wildman–Crippen MR) is 34.5 cm³/mol. The Kier molecular flexibility index (Phi) is 3.68. The Morgan fingerprint density at radius 2 is 2.00 bits per heavy atom. The molecule has 0 bridgehead atoms. The largest absolute Gasteiger partial charge is 0.478 e. The molecule has 0 aliphatic rings. The topological polar surface area (TPSA) is 77.8 Å². The third-order valence-electron chi connectivity index (χ3n) is 0.930. The first-order valence-corrected chi connectivity index (χ1v) is 2.81. The molecule has 2 atom stereocenters. The molecule has 4 nitrogen and oxygen atoms in total. The summed E-state index contributed by atoms with van der Waals surface area (Å²) in [6.07, 6.45) is -0.226. The van der Waals surface area contributed by atoms with E-state index in [-0.39, 0.29) is 0 Å². The number of carbonyl (C=O) groups is 1. The minimum absolute atomic E-state index is 0.789. The van der Waals surface area contributed by atoms with Crippen LogP contribution in [0.1, 0.15) is 6.92 Å². The van der Waals surface area contributed by atoms with Crippen LogP contribution in [0.2, 0.25) is 0 Å². The molecule has 0 saturated heterocycles. The van der Waals surface area contributed by atoms with Gasteiger partial charge in [0.2, 0.25) is 0 Å². The summed E-state index contributed by atoms with van der Waals surface area (Å²) in [5.74, 6) is -1.14. The SMILES string of the molecule is CC(O)C(O)C=CC(=O)O. The fraction of sp³-hybridized carbons (Fsp3) is 0.500. The minimum Gasteiger partial charge on any atom is -0.478 e. The van der Waals surface area contributed by atoms with Crippen molar-refractivity contribution in [2.24, 2.45) is 0 Å². The molecule has 0 aromatic heterocycles. The molecule has 0 amide bonds. The molecule has 0 fully saturated rings. The van der Waals surface area contributed by atoms with Gasteiger partial charge < -0.3 is 15.3 Å². The fourth-order valence-electron chi connectivity index (χ4n) is 0.342. The maximum Gasteiger partial charge on any atom is 0.328 e. The van der Waals surface area contributed by atoms with Gasteiger partial charge in [0.25, 0.3) is 0 Å². The number of hydrogen-bond donors (Lipinski definition) is 3. The summed E-state index contributed by atoms with van der Waals surface area (Å²) < 4.78 is 0. The highest BCUT2D eigenvalue weighted by molar-refractivity contribution is 5.79. The molecule has 0 aromatic carbocycles. The van der Waals surface area contributed by atoms with Crippen molar-refractivity contribution in [1.82, 2.24) is 0 Å². The van der Waals surface area contributed by atoms with E-state index in [4.69, 9.17) is 15.3 Å². The molecule has 0 heterocycles. The van der Waals surface area contributed by atoms with Crippen molar-refractivity contribution in [2.75, 3.05) is 0 Å². The molecular weight excluding hydrogens is 136 g/mol. The van der Waals surface area contributed by atoms with Crippen LogP contribution in [0.3, 0.4) is 0 Å². The smallest absolute Gasteiger partial charge is 0.328 e. The summed E-state index contributed by atoms with van der Waals surface area (Å²) in [5.41, 5.74) is 0. The van der Waals surface area contributed by atoms with Gasteiger partial charge in [0.05, 0.1) is 12.2 Å². The van der Waals surface area contributed by atoms with Crippen LogP contribution in [-0.4, -0.2) is 33.5 Å². The highest BCUT2D eigenvalue weighted by Gasteiger charge is 2.05. The van der Waals surface area contributed by atoms with Crippen LogP contribution in [0, 0.1) is 0 Å². The van der Waals surface area contributed by atoms with Gasteiger partial charge in [0.15, 0.2) is 0 Å². The molecule has 0 radical (unpaired) electrons. The molecule has 0 spiro atoms. The zero-order valence-corrected chi connectivity index (χ0v) is 5.56. The van der Waals surface area contributed by atoms with Crippen LogP contribution in [-0.2, 0) is 4.79 Å². The van der Waals surface area contributed by atoms with Gasteiger partial charge in [0, 0.05) is 6.08 Å². The van der Waals surface area contributed by atoms with Gasteiger partial charge in [-0.15, -0.1) is 0 Å². The monoisotopic (exact) mass is 146 g/mol. The molecule has 10 heavy (non-hydrogen) atoms. The van der Waals surface area contributed by atoms with Gasteiger partial charge in [-0.25, -0.2) is 4.79 Å². The van der Waals surface area contributed by atoms with Crippen molar-refractivity contribution in [3.05, 3.63) is 12.2 Å². The lowest BCUT2D eigenvalue weighted by Gasteiger charge is -2.06. The number of hydrogen-bond acceptors (Lipinski definition) is 3. The highest BCUT2D eigenvalue weighted by atomic mass is 16.4. The first-order valence-electron chi connectivity index (χ1n) is 2.81. The summed E-state index contributed by atoms with van der Waals surface area (Å²) >= 11 is 0. The molecule has 0 aromatic rings. The summed E-state index contributed by atoms with van der Waals surface area (Å²) in [4.78, 5) is 9.85. The number of aliphatic carboxylic acids is 1. The first kappa shape index (κ1) is 9.13. The van der Waals surface area contributed by atoms with Crippen molar-refractivity contribution in [2.45, 2.75) is 19.1 Å². The average Bonchev–Trinajstić information content (AvgIpc) is 1.82. The molecule has 0 aliphatic heterocycles. The second-order valence-corrected chi connectivity index (χ2v) is 1.93. The zero-order valence-electron chi connectivity index (χ0n) is 5.56. The normalized spacial score (nSPS) is 17.1. The minimum atomic E-state index is -1.14. The van der Waals surface area contributed by atoms with E-state index in [0.29, 0.717) is 0 Å². The number of rotatable bonds is 3. The summed E-state index contributed by atoms with van der Waals surface area (Å²) in [6, 6.07) is 0. The average molecular weight is 146 g/mol. The molecular formula is C6H10O4. The standard InChI is InChI=1S/C6H10O4/c1-4(7)5(8)2-3-6(9)10/h2-5,7-8H,1H3,(H,9,10). The number of carboxylic acid groups (broad SMARTS) is 1. The van der Waals surface area contributed by atoms with Gasteiger partial charge in [-0.1, -0.05) is 0 Å². The predicted octanol–water partition coefficient (Wildman–Crippen LogP) is -0.631. The van der Waals surface area contributed by atoms with Gasteiger partial charge in [-0.2, -0.15) is 0 Å². The fourth-order valence-corrected chi connectivity index (χ4v) is 0.342. The maximum atomic E-state index is 9.85. The lowest BCUT2D eigenvalue weighted by Crippen LogP contribution is -2.19. The third-order valence-corrected chi connectivity index (χ3v) is 0.930. The number of carboxylic acids is 1. The first-order chi connectivity index (χ1) is 4.54. The summed E-state index contributed by atoms with van der Waals surface area (Å²) in [6.45, 7) is 1.37. The molecule has 4 heteroatoms. The van der Waals surface area contributed by atoms with Crippen molar-refractivity contribution in [1.29, 1.82) is 0 Å². The van der Waals surface area contributed by atoms with E-state index in [1.807, 2.05) is 0 Å². The lowest BCUT2D eigenvalue weighted by atomic mass is 10.2. The molecule has 0 saturated carbocycles. The summed E-state index contributed by atoms with van der Waals surface area (Å²) in [7, 11) is 0. The van der Waals surface area contributed by atoms with Crippen LogP contribution >= 0.6 is 0 Å². The van der Waals surface area contributed by atoms with E-state index in [1.165, 1.54) is 6.92 Å². The Balaban J connectivity index is 3.77. The van der Waals surface area contributed by atoms with Gasteiger partial charge in [0.1, 0.15) is 0 Å². The van der Waals surface area contributed by atoms with E-state index < -0.39 is 18.2 Å². The maximum absolute atomic E-state index is 9.85.